The minimum Gasteiger partial charge on any atom is -0.468 e. The molecule has 0 saturated carbocycles. The van der Waals surface area contributed by atoms with Crippen molar-refractivity contribution in [2.45, 2.75) is 5.92 Å². The van der Waals surface area contributed by atoms with Gasteiger partial charge in [-0.25, -0.2) is 0 Å². The molecule has 100 valence electrons. The first-order valence-corrected chi connectivity index (χ1v) is 5.73. The van der Waals surface area contributed by atoms with Gasteiger partial charge in [0.15, 0.2) is 5.92 Å². The van der Waals surface area contributed by atoms with E-state index in [9.17, 15) is 14.9 Å². The van der Waals surface area contributed by atoms with Gasteiger partial charge in [0.2, 0.25) is 0 Å². The Morgan fingerprint density at radius 3 is 2.00 bits per heavy atom. The lowest BCUT2D eigenvalue weighted by atomic mass is 9.87. The van der Waals surface area contributed by atoms with Gasteiger partial charge in [0, 0.05) is 5.02 Å². The lowest BCUT2D eigenvalue weighted by Crippen LogP contribution is -2.31. The van der Waals surface area contributed by atoms with Crippen LogP contribution in [0.15, 0.2) is 24.3 Å². The number of carbonyl (C=O) groups excluding carboxylic acids is 2. The van der Waals surface area contributed by atoms with E-state index in [1.165, 1.54) is 0 Å². The van der Waals surface area contributed by atoms with E-state index in [2.05, 4.69) is 9.47 Å². The Balaban J connectivity index is 3.17. The van der Waals surface area contributed by atoms with Crippen molar-refractivity contribution in [1.82, 2.24) is 0 Å². The summed E-state index contributed by atoms with van der Waals surface area (Å²) in [7, 11) is 2.29. The van der Waals surface area contributed by atoms with Gasteiger partial charge in [-0.05, 0) is 17.7 Å². The summed E-state index contributed by atoms with van der Waals surface area (Å²) in [5.41, 5.74) is 0.493. The molecule has 0 saturated heterocycles. The highest BCUT2D eigenvalue weighted by Gasteiger charge is 2.38. The molecule has 6 heteroatoms. The highest BCUT2D eigenvalue weighted by molar-refractivity contribution is 6.30. The zero-order valence-corrected chi connectivity index (χ0v) is 11.2. The largest absolute Gasteiger partial charge is 0.468 e. The highest BCUT2D eigenvalue weighted by Crippen LogP contribution is 2.27. The summed E-state index contributed by atoms with van der Waals surface area (Å²) in [5.74, 6) is -3.93. The van der Waals surface area contributed by atoms with Crippen LogP contribution >= 0.6 is 11.6 Å². The Hall–Kier alpha value is -2.06. The number of hydrogen-bond donors (Lipinski definition) is 0. The van der Waals surface area contributed by atoms with Crippen LogP contribution in [0.3, 0.4) is 0 Å². The summed E-state index contributed by atoms with van der Waals surface area (Å²) in [5, 5.41) is 9.70. The number of hydrogen-bond acceptors (Lipinski definition) is 5. The minimum absolute atomic E-state index is 0.493. The van der Waals surface area contributed by atoms with Gasteiger partial charge in [-0.1, -0.05) is 23.7 Å². The molecular weight excluding hydrogens is 270 g/mol. The molecule has 5 nitrogen and oxygen atoms in total. The third-order valence-electron chi connectivity index (χ3n) is 2.61. The van der Waals surface area contributed by atoms with Crippen molar-refractivity contribution < 1.29 is 19.1 Å². The number of nitrogens with zero attached hydrogens (tertiary/aromatic N) is 1. The Labute approximate surface area is 115 Å². The van der Waals surface area contributed by atoms with Gasteiger partial charge in [-0.15, -0.1) is 0 Å². The monoisotopic (exact) mass is 281 g/mol. The van der Waals surface area contributed by atoms with E-state index >= 15 is 0 Å². The topological polar surface area (TPSA) is 76.4 Å². The molecule has 0 spiro atoms. The molecule has 19 heavy (non-hydrogen) atoms. The molecule has 0 aromatic heterocycles. The van der Waals surface area contributed by atoms with Gasteiger partial charge in [0.25, 0.3) is 0 Å². The fourth-order valence-electron chi connectivity index (χ4n) is 1.63. The first-order valence-electron chi connectivity index (χ1n) is 5.35. The summed E-state index contributed by atoms with van der Waals surface area (Å²) >= 11 is 5.75. The van der Waals surface area contributed by atoms with Gasteiger partial charge in [0.1, 0.15) is 0 Å². The number of rotatable bonds is 4. The second-order valence-electron chi connectivity index (χ2n) is 3.68. The molecule has 1 atom stereocenters. The molecule has 0 fully saturated rings. The zero-order valence-electron chi connectivity index (χ0n) is 10.4. The van der Waals surface area contributed by atoms with Crippen LogP contribution in [-0.2, 0) is 19.1 Å². The van der Waals surface area contributed by atoms with E-state index in [0.29, 0.717) is 10.6 Å². The van der Waals surface area contributed by atoms with Crippen LogP contribution < -0.4 is 0 Å². The normalized spacial score (nSPS) is 11.5. The quantitative estimate of drug-likeness (QED) is 0.622. The summed E-state index contributed by atoms with van der Waals surface area (Å²) in [6.45, 7) is 0. The number of nitriles is 1. The Bertz CT molecular complexity index is 490. The predicted molar refractivity (Wildman–Crippen MR) is 67.3 cm³/mol. The Kier molecular flexibility index (Phi) is 5.34. The fourth-order valence-corrected chi connectivity index (χ4v) is 1.76. The van der Waals surface area contributed by atoms with Gasteiger partial charge >= 0.3 is 11.9 Å². The van der Waals surface area contributed by atoms with Crippen molar-refractivity contribution in [1.29, 1.82) is 5.26 Å². The van der Waals surface area contributed by atoms with E-state index in [1.807, 2.05) is 6.07 Å². The second-order valence-corrected chi connectivity index (χ2v) is 4.12. The maximum Gasteiger partial charge on any atom is 0.321 e. The molecule has 1 aromatic rings. The maximum atomic E-state index is 11.7. The van der Waals surface area contributed by atoms with Crippen LogP contribution in [0, 0.1) is 17.2 Å². The van der Waals surface area contributed by atoms with Crippen molar-refractivity contribution in [2.75, 3.05) is 14.2 Å². The molecular formula is C13H12ClNO4. The maximum absolute atomic E-state index is 11.7. The number of esters is 2. The van der Waals surface area contributed by atoms with Crippen molar-refractivity contribution in [3.8, 4) is 6.07 Å². The van der Waals surface area contributed by atoms with Crippen LogP contribution in [-0.4, -0.2) is 26.2 Å². The van der Waals surface area contributed by atoms with Gasteiger partial charge in [-0.3, -0.25) is 9.59 Å². The predicted octanol–water partition coefficient (Wildman–Crippen LogP) is 1.91. The van der Waals surface area contributed by atoms with Gasteiger partial charge in [0.05, 0.1) is 26.2 Å². The molecule has 1 unspecified atom stereocenters. The summed E-state index contributed by atoms with van der Waals surface area (Å²) < 4.78 is 9.09. The number of methoxy groups -OCH3 is 2. The smallest absolute Gasteiger partial charge is 0.321 e. The number of halogens is 1. The van der Waals surface area contributed by atoms with Crippen molar-refractivity contribution >= 4 is 23.5 Å². The van der Waals surface area contributed by atoms with Crippen molar-refractivity contribution in [3.05, 3.63) is 34.9 Å². The third-order valence-corrected chi connectivity index (χ3v) is 2.86. The number of carbonyl (C=O) groups is 2. The van der Waals surface area contributed by atoms with Crippen LogP contribution in [0.4, 0.5) is 0 Å². The van der Waals surface area contributed by atoms with E-state index in [-0.39, 0.29) is 0 Å². The lowest BCUT2D eigenvalue weighted by Gasteiger charge is -2.17. The molecule has 1 rings (SSSR count). The van der Waals surface area contributed by atoms with E-state index in [0.717, 1.165) is 14.2 Å². The van der Waals surface area contributed by atoms with Crippen LogP contribution in [0.25, 0.3) is 0 Å². The number of ether oxygens (including phenoxy) is 2. The number of benzene rings is 1. The second kappa shape index (κ2) is 6.76. The summed E-state index contributed by atoms with van der Waals surface area (Å²) in [6, 6.07) is 8.23. The molecule has 0 heterocycles. The standard InChI is InChI=1S/C13H12ClNO4/c1-18-12(16)11(13(17)19-2)10(7-15)8-3-5-9(14)6-4-8/h3-6,10-11H,1-2H3. The van der Waals surface area contributed by atoms with Crippen LogP contribution in [0.5, 0.6) is 0 Å². The van der Waals surface area contributed by atoms with Gasteiger partial charge < -0.3 is 9.47 Å². The fraction of sp³-hybridized carbons (Fsp3) is 0.308. The SMILES string of the molecule is COC(=O)C(C(=O)OC)C(C#N)c1ccc(Cl)cc1. The molecule has 0 N–H and O–H groups in total. The van der Waals surface area contributed by atoms with Crippen molar-refractivity contribution in [2.24, 2.45) is 5.92 Å². The molecule has 0 radical (unpaired) electrons. The molecule has 0 aliphatic rings. The summed E-state index contributed by atoms with van der Waals surface area (Å²) in [6.07, 6.45) is 0. The van der Waals surface area contributed by atoms with E-state index < -0.39 is 23.8 Å². The highest BCUT2D eigenvalue weighted by atomic mass is 35.5. The first kappa shape index (κ1) is 15.0. The lowest BCUT2D eigenvalue weighted by molar-refractivity contribution is -0.159. The van der Waals surface area contributed by atoms with E-state index in [1.54, 1.807) is 24.3 Å². The molecule has 0 aliphatic carbocycles. The van der Waals surface area contributed by atoms with Crippen LogP contribution in [0.2, 0.25) is 5.02 Å². The minimum atomic E-state index is -1.32. The van der Waals surface area contributed by atoms with E-state index in [4.69, 9.17) is 11.6 Å². The Morgan fingerprint density at radius 2 is 1.63 bits per heavy atom. The van der Waals surface area contributed by atoms with Crippen LogP contribution in [0.1, 0.15) is 11.5 Å². The summed E-state index contributed by atoms with van der Waals surface area (Å²) in [4.78, 5) is 23.3. The van der Waals surface area contributed by atoms with Gasteiger partial charge in [-0.2, -0.15) is 5.26 Å². The average molecular weight is 282 g/mol. The average Bonchev–Trinajstić information content (AvgIpc) is 2.44. The molecule has 1 aromatic carbocycles. The first-order chi connectivity index (χ1) is 9.04. The molecule has 0 aliphatic heterocycles. The Morgan fingerprint density at radius 1 is 1.16 bits per heavy atom. The third kappa shape index (κ3) is 3.46. The molecule has 0 amide bonds. The zero-order chi connectivity index (χ0) is 14.4. The molecule has 0 bridgehead atoms. The van der Waals surface area contributed by atoms with Crippen molar-refractivity contribution in [3.63, 3.8) is 0 Å².